The second kappa shape index (κ2) is 9.34. The first-order valence-corrected chi connectivity index (χ1v) is 10.3. The molecule has 10 heteroatoms. The Kier molecular flexibility index (Phi) is 7.14. The number of amides is 2. The Labute approximate surface area is 164 Å². The quantitative estimate of drug-likeness (QED) is 0.374. The van der Waals surface area contributed by atoms with Crippen molar-refractivity contribution in [3.63, 3.8) is 0 Å². The van der Waals surface area contributed by atoms with E-state index in [-0.39, 0.29) is 22.3 Å². The van der Waals surface area contributed by atoms with Crippen molar-refractivity contribution in [1.82, 2.24) is 15.1 Å². The van der Waals surface area contributed by atoms with Crippen LogP contribution in [0.4, 0.5) is 0 Å². The zero-order valence-electron chi connectivity index (χ0n) is 15.6. The average molecular weight is 405 g/mol. The normalized spacial score (nSPS) is 15.1. The van der Waals surface area contributed by atoms with Gasteiger partial charge < -0.3 is 15.1 Å². The molecule has 0 aromatic heterocycles. The Morgan fingerprint density at radius 1 is 1.18 bits per heavy atom. The summed E-state index contributed by atoms with van der Waals surface area (Å²) >= 11 is 0. The number of nitrogens with zero attached hydrogens (tertiary/aromatic N) is 3. The van der Waals surface area contributed by atoms with Crippen LogP contribution in [0.1, 0.15) is 12.5 Å². The number of nitrogens with two attached hydrogens (primary N) is 1. The van der Waals surface area contributed by atoms with Gasteiger partial charge in [-0.05, 0) is 24.1 Å². The molecule has 1 fully saturated rings. The maximum absolute atomic E-state index is 12.4. The number of nitriles is 1. The van der Waals surface area contributed by atoms with Gasteiger partial charge in [0.2, 0.25) is 15.9 Å². The van der Waals surface area contributed by atoms with Crippen LogP contribution in [-0.4, -0.2) is 62.8 Å². The van der Waals surface area contributed by atoms with Crippen LogP contribution in [0.3, 0.4) is 0 Å². The minimum absolute atomic E-state index is 0.000785. The molecule has 0 saturated carbocycles. The zero-order chi connectivity index (χ0) is 20.7. The summed E-state index contributed by atoms with van der Waals surface area (Å²) in [4.78, 5) is 27.0. The predicted molar refractivity (Wildman–Crippen MR) is 102 cm³/mol. The number of carbonyl (C=O) groups excluding carboxylic acids is 2. The van der Waals surface area contributed by atoms with E-state index in [0.29, 0.717) is 39.1 Å². The number of rotatable bonds is 6. The summed E-state index contributed by atoms with van der Waals surface area (Å²) in [6.45, 7) is 3.67. The summed E-state index contributed by atoms with van der Waals surface area (Å²) < 4.78 is 22.5. The minimum Gasteiger partial charge on any atom is -0.389 e. The summed E-state index contributed by atoms with van der Waals surface area (Å²) in [7, 11) is -3.71. The fourth-order valence-corrected chi connectivity index (χ4v) is 3.29. The van der Waals surface area contributed by atoms with Crippen molar-refractivity contribution >= 4 is 21.8 Å². The van der Waals surface area contributed by atoms with Crippen LogP contribution >= 0.6 is 0 Å². The molecule has 0 aliphatic carbocycles. The van der Waals surface area contributed by atoms with Crippen LogP contribution in [-0.2, 0) is 26.0 Å². The lowest BCUT2D eigenvalue weighted by Gasteiger charge is -2.34. The van der Waals surface area contributed by atoms with Gasteiger partial charge in [-0.15, -0.1) is 0 Å². The summed E-state index contributed by atoms with van der Waals surface area (Å²) in [6.07, 6.45) is 1.96. The van der Waals surface area contributed by atoms with Crippen LogP contribution in [0.2, 0.25) is 0 Å². The molecule has 0 unspecified atom stereocenters. The van der Waals surface area contributed by atoms with Gasteiger partial charge >= 0.3 is 0 Å². The van der Waals surface area contributed by atoms with Gasteiger partial charge in [-0.25, -0.2) is 13.6 Å². The highest BCUT2D eigenvalue weighted by atomic mass is 32.2. The lowest BCUT2D eigenvalue weighted by Crippen LogP contribution is -2.50. The van der Waals surface area contributed by atoms with E-state index in [1.54, 1.807) is 21.9 Å². The van der Waals surface area contributed by atoms with Crippen molar-refractivity contribution in [3.05, 3.63) is 41.6 Å². The fourth-order valence-electron chi connectivity index (χ4n) is 2.77. The Morgan fingerprint density at radius 2 is 1.75 bits per heavy atom. The molecule has 1 aromatic carbocycles. The second-order valence-electron chi connectivity index (χ2n) is 6.36. The van der Waals surface area contributed by atoms with E-state index in [1.807, 2.05) is 6.07 Å². The van der Waals surface area contributed by atoms with E-state index in [9.17, 15) is 23.3 Å². The SMILES string of the molecule is CC(=O)N1CCN(C(=O)/C(C#N)=C\NCCc2ccc(S(N)(=O)=O)cc2)CC1. The van der Waals surface area contributed by atoms with E-state index in [0.717, 1.165) is 5.56 Å². The van der Waals surface area contributed by atoms with Crippen LogP contribution < -0.4 is 10.5 Å². The molecule has 3 N–H and O–H groups in total. The Balaban J connectivity index is 1.85. The summed E-state index contributed by atoms with van der Waals surface area (Å²) in [5.41, 5.74) is 0.888. The number of piperazine rings is 1. The first kappa shape index (κ1) is 21.4. The van der Waals surface area contributed by atoms with Gasteiger partial charge in [0.1, 0.15) is 11.6 Å². The predicted octanol–water partition coefficient (Wildman–Crippen LogP) is -0.436. The summed E-state index contributed by atoms with van der Waals surface area (Å²) in [5, 5.41) is 17.2. The number of carbonyl (C=O) groups is 2. The third kappa shape index (κ3) is 5.80. The van der Waals surface area contributed by atoms with Crippen molar-refractivity contribution in [1.29, 1.82) is 5.26 Å². The van der Waals surface area contributed by atoms with Gasteiger partial charge in [-0.3, -0.25) is 9.59 Å². The molecule has 0 spiro atoms. The topological polar surface area (TPSA) is 137 Å². The molecule has 28 heavy (non-hydrogen) atoms. The van der Waals surface area contributed by atoms with E-state index in [2.05, 4.69) is 5.32 Å². The summed E-state index contributed by atoms with van der Waals surface area (Å²) in [5.74, 6) is -0.391. The van der Waals surface area contributed by atoms with Crippen LogP contribution in [0.5, 0.6) is 0 Å². The van der Waals surface area contributed by atoms with Crippen LogP contribution in [0, 0.1) is 11.3 Å². The number of hydrogen-bond acceptors (Lipinski definition) is 6. The van der Waals surface area contributed by atoms with Gasteiger partial charge in [-0.2, -0.15) is 5.26 Å². The standard InChI is InChI=1S/C18H23N5O4S/c1-14(24)22-8-10-23(11-9-22)18(25)16(12-19)13-21-7-6-15-2-4-17(5-3-15)28(20,26)27/h2-5,13,21H,6-11H2,1H3,(H2,20,26,27)/b16-13-. The van der Waals surface area contributed by atoms with Crippen LogP contribution in [0.25, 0.3) is 0 Å². The van der Waals surface area contributed by atoms with E-state index < -0.39 is 10.0 Å². The molecule has 9 nitrogen and oxygen atoms in total. The lowest BCUT2D eigenvalue weighted by atomic mass is 10.1. The van der Waals surface area contributed by atoms with Crippen molar-refractivity contribution < 1.29 is 18.0 Å². The van der Waals surface area contributed by atoms with Gasteiger partial charge in [0.05, 0.1) is 4.90 Å². The Morgan fingerprint density at radius 3 is 2.25 bits per heavy atom. The third-order valence-corrected chi connectivity index (χ3v) is 5.35. The Bertz CT molecular complexity index is 895. The third-order valence-electron chi connectivity index (χ3n) is 4.42. The minimum atomic E-state index is -3.71. The fraction of sp³-hybridized carbons (Fsp3) is 0.389. The maximum Gasteiger partial charge on any atom is 0.266 e. The first-order valence-electron chi connectivity index (χ1n) is 8.72. The molecule has 0 atom stereocenters. The molecule has 1 saturated heterocycles. The zero-order valence-corrected chi connectivity index (χ0v) is 16.4. The molecule has 150 valence electrons. The van der Waals surface area contributed by atoms with Gasteiger partial charge in [-0.1, -0.05) is 12.1 Å². The smallest absolute Gasteiger partial charge is 0.266 e. The number of primary sulfonamides is 1. The van der Waals surface area contributed by atoms with Crippen molar-refractivity contribution in [2.75, 3.05) is 32.7 Å². The highest BCUT2D eigenvalue weighted by Gasteiger charge is 2.24. The van der Waals surface area contributed by atoms with E-state index >= 15 is 0 Å². The molecule has 0 bridgehead atoms. The van der Waals surface area contributed by atoms with Crippen molar-refractivity contribution in [3.8, 4) is 6.07 Å². The lowest BCUT2D eigenvalue weighted by molar-refractivity contribution is -0.136. The molecule has 2 amide bonds. The van der Waals surface area contributed by atoms with Crippen LogP contribution in [0.15, 0.2) is 40.9 Å². The molecular formula is C18H23N5O4S. The Hall–Kier alpha value is -2.90. The van der Waals surface area contributed by atoms with E-state index in [1.165, 1.54) is 25.3 Å². The largest absolute Gasteiger partial charge is 0.389 e. The highest BCUT2D eigenvalue weighted by Crippen LogP contribution is 2.09. The molecule has 1 aliphatic heterocycles. The van der Waals surface area contributed by atoms with Gasteiger partial charge in [0, 0.05) is 45.8 Å². The van der Waals surface area contributed by atoms with Gasteiger partial charge in [0.15, 0.2) is 0 Å². The number of sulfonamides is 1. The maximum atomic E-state index is 12.4. The number of nitrogens with one attached hydrogen (secondary N) is 1. The average Bonchev–Trinajstić information content (AvgIpc) is 2.67. The van der Waals surface area contributed by atoms with E-state index in [4.69, 9.17) is 5.14 Å². The summed E-state index contributed by atoms with van der Waals surface area (Å²) in [6, 6.07) is 8.10. The van der Waals surface area contributed by atoms with Crippen molar-refractivity contribution in [2.24, 2.45) is 5.14 Å². The second-order valence-corrected chi connectivity index (χ2v) is 7.92. The molecule has 0 radical (unpaired) electrons. The highest BCUT2D eigenvalue weighted by molar-refractivity contribution is 7.89. The monoisotopic (exact) mass is 405 g/mol. The molecule has 1 aliphatic rings. The molecule has 1 aromatic rings. The van der Waals surface area contributed by atoms with Crippen molar-refractivity contribution in [2.45, 2.75) is 18.2 Å². The first-order chi connectivity index (χ1) is 13.2. The number of hydrogen-bond donors (Lipinski definition) is 2. The molecule has 2 rings (SSSR count). The van der Waals surface area contributed by atoms with Gasteiger partial charge in [0.25, 0.3) is 5.91 Å². The number of benzene rings is 1. The molecule has 1 heterocycles. The molecular weight excluding hydrogens is 382 g/mol.